The van der Waals surface area contributed by atoms with Crippen molar-refractivity contribution < 1.29 is 12.6 Å². The Morgan fingerprint density at radius 3 is 1.76 bits per heavy atom. The van der Waals surface area contributed by atoms with Gasteiger partial charge in [-0.05, 0) is 59.4 Å². The lowest BCUT2D eigenvalue weighted by atomic mass is 9.89. The van der Waals surface area contributed by atoms with Gasteiger partial charge >= 0.3 is 0 Å². The molecule has 0 saturated heterocycles. The molecular formula is C27H39NO3S2. The topological polar surface area (TPSA) is 63.6 Å². The van der Waals surface area contributed by atoms with Crippen LogP contribution in [0.3, 0.4) is 0 Å². The van der Waals surface area contributed by atoms with Crippen LogP contribution in [-0.2, 0) is 19.8 Å². The van der Waals surface area contributed by atoms with Crippen LogP contribution < -0.4 is 0 Å². The summed E-state index contributed by atoms with van der Waals surface area (Å²) >= 11 is 0. The Morgan fingerprint density at radius 1 is 0.818 bits per heavy atom. The molecule has 2 aromatic rings. The molecule has 0 unspecified atom stereocenters. The third kappa shape index (κ3) is 6.57. The Bertz CT molecular complexity index is 1170. The van der Waals surface area contributed by atoms with Crippen molar-refractivity contribution in [1.29, 1.82) is 0 Å². The van der Waals surface area contributed by atoms with Gasteiger partial charge in [0.2, 0.25) is 0 Å². The molecule has 0 saturated carbocycles. The monoisotopic (exact) mass is 489 g/mol. The summed E-state index contributed by atoms with van der Waals surface area (Å²) in [5.74, 6) is 0.286. The second-order valence-electron chi connectivity index (χ2n) is 9.67. The second kappa shape index (κ2) is 11.0. The lowest BCUT2D eigenvalue weighted by Crippen LogP contribution is -2.17. The summed E-state index contributed by atoms with van der Waals surface area (Å²) in [7, 11) is -7.42. The number of nitrogens with zero attached hydrogens (tertiary/aromatic N) is 1. The molecule has 33 heavy (non-hydrogen) atoms. The highest BCUT2D eigenvalue weighted by Crippen LogP contribution is 2.37. The molecule has 182 valence electrons. The molecule has 0 spiro atoms. The van der Waals surface area contributed by atoms with Crippen molar-refractivity contribution in [3.8, 4) is 0 Å². The molecule has 0 fully saturated rings. The average Bonchev–Trinajstić information content (AvgIpc) is 2.72. The summed E-state index contributed by atoms with van der Waals surface area (Å²) in [6, 6.07) is 12.7. The van der Waals surface area contributed by atoms with Crippen LogP contribution in [0, 0.1) is 5.92 Å². The first-order valence-corrected chi connectivity index (χ1v) is 14.8. The third-order valence-electron chi connectivity index (χ3n) is 5.68. The molecule has 0 aliphatic rings. The Labute approximate surface area is 201 Å². The van der Waals surface area contributed by atoms with Crippen LogP contribution in [-0.4, -0.2) is 18.4 Å². The highest BCUT2D eigenvalue weighted by molar-refractivity contribution is 8.03. The van der Waals surface area contributed by atoms with Crippen LogP contribution in [0.1, 0.15) is 89.8 Å². The van der Waals surface area contributed by atoms with Gasteiger partial charge < -0.3 is 0 Å². The first-order valence-electron chi connectivity index (χ1n) is 11.7. The van der Waals surface area contributed by atoms with E-state index >= 15 is 0 Å². The maximum atomic E-state index is 14.2. The summed E-state index contributed by atoms with van der Waals surface area (Å²) in [4.78, 5) is 0.667. The Hall–Kier alpha value is -1.92. The minimum atomic E-state index is -4.20. The molecule has 0 bridgehead atoms. The smallest absolute Gasteiger partial charge is 0.244 e. The highest BCUT2D eigenvalue weighted by Gasteiger charge is 2.29. The van der Waals surface area contributed by atoms with Crippen LogP contribution in [0.5, 0.6) is 0 Å². The molecule has 0 amide bonds. The quantitative estimate of drug-likeness (QED) is 0.343. The predicted octanol–water partition coefficient (Wildman–Crippen LogP) is 7.48. The summed E-state index contributed by atoms with van der Waals surface area (Å²) in [6.45, 7) is 16.0. The molecule has 2 aromatic carbocycles. The minimum Gasteiger partial charge on any atom is -0.244 e. The lowest BCUT2D eigenvalue weighted by molar-refractivity contribution is 0.592. The van der Waals surface area contributed by atoms with Gasteiger partial charge in [0.1, 0.15) is 0 Å². The van der Waals surface area contributed by atoms with Gasteiger partial charge in [-0.15, -0.1) is 3.77 Å². The fraction of sp³-hybridized carbons (Fsp3) is 0.481. The van der Waals surface area contributed by atoms with Gasteiger partial charge in [0.15, 0.2) is 0 Å². The van der Waals surface area contributed by atoms with Crippen molar-refractivity contribution in [3.05, 3.63) is 71.3 Å². The van der Waals surface area contributed by atoms with Crippen LogP contribution in [0.15, 0.2) is 68.2 Å². The van der Waals surface area contributed by atoms with Crippen molar-refractivity contribution in [1.82, 2.24) is 0 Å². The van der Waals surface area contributed by atoms with Crippen molar-refractivity contribution in [2.24, 2.45) is 9.69 Å². The zero-order valence-electron chi connectivity index (χ0n) is 21.2. The van der Waals surface area contributed by atoms with Gasteiger partial charge in [-0.3, -0.25) is 0 Å². The largest absolute Gasteiger partial charge is 0.290 e. The molecule has 0 N–H and O–H groups in total. The maximum Gasteiger partial charge on any atom is 0.290 e. The first kappa shape index (κ1) is 27.3. The van der Waals surface area contributed by atoms with E-state index < -0.39 is 19.8 Å². The van der Waals surface area contributed by atoms with E-state index in [4.69, 9.17) is 0 Å². The van der Waals surface area contributed by atoms with Gasteiger partial charge in [-0.2, -0.15) is 8.42 Å². The summed E-state index contributed by atoms with van der Waals surface area (Å²) in [5.41, 5.74) is 2.58. The molecule has 0 aromatic heterocycles. The number of sulfonamides is 1. The van der Waals surface area contributed by atoms with Crippen molar-refractivity contribution in [2.75, 3.05) is 5.75 Å². The second-order valence-corrected chi connectivity index (χ2v) is 13.7. The molecule has 0 radical (unpaired) electrons. The zero-order chi connectivity index (χ0) is 25.0. The van der Waals surface area contributed by atoms with E-state index in [-0.39, 0.29) is 34.3 Å². The predicted molar refractivity (Wildman–Crippen MR) is 140 cm³/mol. The number of benzene rings is 2. The number of hydrogen-bond donors (Lipinski definition) is 0. The number of allylic oxidation sites excluding steroid dienone is 2. The van der Waals surface area contributed by atoms with Crippen LogP contribution in [0.25, 0.3) is 0 Å². The third-order valence-corrected chi connectivity index (χ3v) is 10.4. The molecule has 0 aliphatic heterocycles. The fourth-order valence-corrected chi connectivity index (χ4v) is 8.86. The first-order chi connectivity index (χ1) is 15.3. The van der Waals surface area contributed by atoms with Crippen molar-refractivity contribution in [3.63, 3.8) is 0 Å². The fourth-order valence-electron chi connectivity index (χ4n) is 3.93. The van der Waals surface area contributed by atoms with E-state index in [1.807, 2.05) is 71.9 Å². The van der Waals surface area contributed by atoms with Gasteiger partial charge in [0.25, 0.3) is 10.0 Å². The molecule has 2 atom stereocenters. The molecule has 2 rings (SSSR count). The standard InChI is InChI=1S/C27H39NO3S2/c1-9-13-22(8)18-32(29,24-14-11-10-12-15-24)28-33(30,31)27-25(20(4)5)16-23(19(2)3)17-26(27)21(6)7/h9-17,19-22H,18H2,1-8H3/b13-9+/t22-,32+/m1/s1. The lowest BCUT2D eigenvalue weighted by Gasteiger charge is -2.22. The zero-order valence-corrected chi connectivity index (χ0v) is 22.8. The number of rotatable bonds is 9. The highest BCUT2D eigenvalue weighted by atomic mass is 32.3. The van der Waals surface area contributed by atoms with E-state index in [1.165, 1.54) is 0 Å². The minimum absolute atomic E-state index is 0.0177. The van der Waals surface area contributed by atoms with Crippen LogP contribution in [0.2, 0.25) is 0 Å². The Morgan fingerprint density at radius 2 is 1.33 bits per heavy atom. The normalized spacial score (nSPS) is 15.4. The summed E-state index contributed by atoms with van der Waals surface area (Å²) in [5, 5.41) is 0. The Kier molecular flexibility index (Phi) is 9.11. The number of hydrogen-bond acceptors (Lipinski definition) is 3. The molecule has 0 aliphatic carbocycles. The van der Waals surface area contributed by atoms with E-state index in [2.05, 4.69) is 17.6 Å². The van der Waals surface area contributed by atoms with E-state index in [0.717, 1.165) is 16.7 Å². The Balaban J connectivity index is 2.91. The van der Waals surface area contributed by atoms with E-state index in [9.17, 15) is 12.6 Å². The SMILES string of the molecule is C/C=C/[C@@H](C)C[S@@](=O)(=NS(=O)(=O)c1c(C(C)C)cc(C(C)C)cc1C(C)C)c1ccccc1. The van der Waals surface area contributed by atoms with Crippen molar-refractivity contribution in [2.45, 2.75) is 82.9 Å². The van der Waals surface area contributed by atoms with Crippen molar-refractivity contribution >= 4 is 19.8 Å². The van der Waals surface area contributed by atoms with E-state index in [0.29, 0.717) is 4.90 Å². The van der Waals surface area contributed by atoms with Gasteiger partial charge in [-0.1, -0.05) is 91.0 Å². The van der Waals surface area contributed by atoms with Crippen LogP contribution >= 0.6 is 0 Å². The van der Waals surface area contributed by atoms with Gasteiger partial charge in [0, 0.05) is 10.6 Å². The summed E-state index contributed by atoms with van der Waals surface area (Å²) < 4.78 is 46.3. The van der Waals surface area contributed by atoms with Crippen LogP contribution in [0.4, 0.5) is 0 Å². The van der Waals surface area contributed by atoms with Gasteiger partial charge in [0.05, 0.1) is 14.6 Å². The molecule has 0 heterocycles. The van der Waals surface area contributed by atoms with Gasteiger partial charge in [-0.25, -0.2) is 4.21 Å². The molecule has 6 heteroatoms. The molecule has 4 nitrogen and oxygen atoms in total. The van der Waals surface area contributed by atoms with E-state index in [1.54, 1.807) is 24.3 Å². The summed E-state index contributed by atoms with van der Waals surface area (Å²) in [6.07, 6.45) is 3.82. The maximum absolute atomic E-state index is 14.2. The molecular weight excluding hydrogens is 450 g/mol. The average molecular weight is 490 g/mol.